The lowest BCUT2D eigenvalue weighted by Crippen LogP contribution is -2.50. The van der Waals surface area contributed by atoms with Gasteiger partial charge in [-0.25, -0.2) is 0 Å². The molecule has 6 heteroatoms. The molecular weight excluding hydrogens is 427 g/mol. The lowest BCUT2D eigenvalue weighted by atomic mass is 9.73. The molecule has 0 radical (unpaired) electrons. The number of β-amino-alcohol motifs (C(OH)–C–C–N with tert-alkyl or cyclic N) is 1. The van der Waals surface area contributed by atoms with E-state index in [9.17, 15) is 18.3 Å². The van der Waals surface area contributed by atoms with E-state index in [0.29, 0.717) is 18.9 Å². The SMILES string of the molecule is OC(CN1CCCC(COc2ccc(C(F)(F)F)cc2)C1)(c1ccccc1)C1CCCCC1. The molecule has 2 atom stereocenters. The lowest BCUT2D eigenvalue weighted by molar-refractivity contribution is -0.137. The first-order valence-corrected chi connectivity index (χ1v) is 12.1. The molecule has 2 aromatic rings. The number of halogens is 3. The van der Waals surface area contributed by atoms with Crippen molar-refractivity contribution in [3.63, 3.8) is 0 Å². The highest BCUT2D eigenvalue weighted by atomic mass is 19.4. The predicted octanol–water partition coefficient (Wildman–Crippen LogP) is 6.26. The predicted molar refractivity (Wildman–Crippen MR) is 123 cm³/mol. The number of rotatable bonds is 7. The molecule has 0 spiro atoms. The van der Waals surface area contributed by atoms with Gasteiger partial charge in [-0.15, -0.1) is 0 Å². The highest BCUT2D eigenvalue weighted by molar-refractivity contribution is 5.29. The molecule has 1 aliphatic heterocycles. The Kier molecular flexibility index (Phi) is 7.65. The molecule has 2 aliphatic rings. The molecular formula is C27H34F3NO2. The summed E-state index contributed by atoms with van der Waals surface area (Å²) in [6, 6.07) is 15.0. The van der Waals surface area contributed by atoms with E-state index in [4.69, 9.17) is 4.74 Å². The first kappa shape index (κ1) is 24.1. The molecule has 2 aromatic carbocycles. The molecule has 1 N–H and O–H groups in total. The number of alkyl halides is 3. The zero-order chi connectivity index (χ0) is 23.3. The summed E-state index contributed by atoms with van der Waals surface area (Å²) in [4.78, 5) is 2.35. The van der Waals surface area contributed by atoms with Crippen LogP contribution in [-0.4, -0.2) is 36.2 Å². The van der Waals surface area contributed by atoms with Gasteiger partial charge < -0.3 is 9.84 Å². The summed E-state index contributed by atoms with van der Waals surface area (Å²) in [5.41, 5.74) is -0.528. The molecule has 2 fully saturated rings. The van der Waals surface area contributed by atoms with Crippen molar-refractivity contribution in [3.8, 4) is 5.75 Å². The van der Waals surface area contributed by atoms with Crippen molar-refractivity contribution in [1.82, 2.24) is 4.90 Å². The number of piperidine rings is 1. The van der Waals surface area contributed by atoms with Crippen molar-refractivity contribution in [2.45, 2.75) is 56.7 Å². The molecule has 33 heavy (non-hydrogen) atoms. The van der Waals surface area contributed by atoms with Gasteiger partial charge in [0.1, 0.15) is 11.4 Å². The maximum absolute atomic E-state index is 12.8. The molecule has 4 rings (SSSR count). The molecule has 1 heterocycles. The van der Waals surface area contributed by atoms with E-state index in [2.05, 4.69) is 4.90 Å². The van der Waals surface area contributed by atoms with Crippen molar-refractivity contribution >= 4 is 0 Å². The minimum atomic E-state index is -4.34. The summed E-state index contributed by atoms with van der Waals surface area (Å²) in [5.74, 6) is 1.01. The van der Waals surface area contributed by atoms with E-state index in [0.717, 1.165) is 56.5 Å². The van der Waals surface area contributed by atoms with Gasteiger partial charge in [0.15, 0.2) is 0 Å². The van der Waals surface area contributed by atoms with Gasteiger partial charge in [-0.2, -0.15) is 13.2 Å². The van der Waals surface area contributed by atoms with Crippen LogP contribution in [0.4, 0.5) is 13.2 Å². The normalized spacial score (nSPS) is 22.6. The van der Waals surface area contributed by atoms with Crippen molar-refractivity contribution in [2.75, 3.05) is 26.2 Å². The standard InChI is InChI=1S/C27H34F3NO2/c28-27(29,30)24-13-15-25(16-14-24)33-19-21-8-7-17-31(18-21)20-26(32,22-9-3-1-4-10-22)23-11-5-2-6-12-23/h1,3-4,9-10,13-16,21,23,32H,2,5-8,11-12,17-20H2. The van der Waals surface area contributed by atoms with Crippen LogP contribution in [0.25, 0.3) is 0 Å². The summed E-state index contributed by atoms with van der Waals surface area (Å²) >= 11 is 0. The summed E-state index contributed by atoms with van der Waals surface area (Å²) in [6.07, 6.45) is 3.40. The fourth-order valence-electron chi connectivity index (χ4n) is 5.49. The molecule has 0 bridgehead atoms. The van der Waals surface area contributed by atoms with E-state index < -0.39 is 17.3 Å². The van der Waals surface area contributed by atoms with Crippen LogP contribution >= 0.6 is 0 Å². The summed E-state index contributed by atoms with van der Waals surface area (Å²) in [5, 5.41) is 12.0. The molecule has 1 saturated heterocycles. The largest absolute Gasteiger partial charge is 0.493 e. The second-order valence-corrected chi connectivity index (χ2v) is 9.70. The van der Waals surface area contributed by atoms with Crippen LogP contribution in [0.15, 0.2) is 54.6 Å². The monoisotopic (exact) mass is 461 g/mol. The third-order valence-electron chi connectivity index (χ3n) is 7.29. The second-order valence-electron chi connectivity index (χ2n) is 9.70. The van der Waals surface area contributed by atoms with E-state index in [1.54, 1.807) is 0 Å². The number of hydrogen-bond acceptors (Lipinski definition) is 3. The quantitative estimate of drug-likeness (QED) is 0.528. The van der Waals surface area contributed by atoms with Gasteiger partial charge in [0.2, 0.25) is 0 Å². The summed E-state index contributed by atoms with van der Waals surface area (Å²) in [7, 11) is 0. The Morgan fingerprint density at radius 3 is 2.21 bits per heavy atom. The van der Waals surface area contributed by atoms with Crippen LogP contribution in [0.1, 0.15) is 56.1 Å². The van der Waals surface area contributed by atoms with Crippen molar-refractivity contribution in [2.24, 2.45) is 11.8 Å². The fraction of sp³-hybridized carbons (Fsp3) is 0.556. The third kappa shape index (κ3) is 6.10. The Hall–Kier alpha value is -2.05. The Morgan fingerprint density at radius 2 is 1.55 bits per heavy atom. The number of benzene rings is 2. The lowest BCUT2D eigenvalue weighted by Gasteiger charge is -2.44. The van der Waals surface area contributed by atoms with Crippen LogP contribution in [-0.2, 0) is 11.8 Å². The van der Waals surface area contributed by atoms with Crippen LogP contribution < -0.4 is 4.74 Å². The molecule has 0 amide bonds. The van der Waals surface area contributed by atoms with Crippen LogP contribution in [0.5, 0.6) is 5.75 Å². The van der Waals surface area contributed by atoms with Crippen LogP contribution in [0.3, 0.4) is 0 Å². The number of likely N-dealkylation sites (tertiary alicyclic amines) is 1. The maximum atomic E-state index is 12.8. The molecule has 2 unspecified atom stereocenters. The minimum absolute atomic E-state index is 0.262. The average molecular weight is 462 g/mol. The van der Waals surface area contributed by atoms with Gasteiger partial charge in [0.25, 0.3) is 0 Å². The van der Waals surface area contributed by atoms with Gasteiger partial charge in [-0.3, -0.25) is 4.90 Å². The second kappa shape index (κ2) is 10.5. The van der Waals surface area contributed by atoms with Crippen LogP contribution in [0.2, 0.25) is 0 Å². The zero-order valence-electron chi connectivity index (χ0n) is 19.1. The average Bonchev–Trinajstić information content (AvgIpc) is 2.84. The third-order valence-corrected chi connectivity index (χ3v) is 7.29. The molecule has 0 aromatic heterocycles. The van der Waals surface area contributed by atoms with Gasteiger partial charge in [0, 0.05) is 19.0 Å². The van der Waals surface area contributed by atoms with Crippen molar-refractivity contribution in [3.05, 3.63) is 65.7 Å². The maximum Gasteiger partial charge on any atom is 0.416 e. The fourth-order valence-corrected chi connectivity index (χ4v) is 5.49. The number of hydrogen-bond donors (Lipinski definition) is 1. The molecule has 1 saturated carbocycles. The highest BCUT2D eigenvalue weighted by Gasteiger charge is 2.41. The first-order chi connectivity index (χ1) is 15.8. The van der Waals surface area contributed by atoms with E-state index in [-0.39, 0.29) is 11.8 Å². The minimum Gasteiger partial charge on any atom is -0.493 e. The smallest absolute Gasteiger partial charge is 0.416 e. The van der Waals surface area contributed by atoms with Crippen LogP contribution in [0, 0.1) is 11.8 Å². The van der Waals surface area contributed by atoms with Crippen molar-refractivity contribution < 1.29 is 23.0 Å². The summed E-state index contributed by atoms with van der Waals surface area (Å²) < 4.78 is 44.1. The zero-order valence-corrected chi connectivity index (χ0v) is 19.1. The van der Waals surface area contributed by atoms with E-state index in [1.807, 2.05) is 30.3 Å². The molecule has 1 aliphatic carbocycles. The number of nitrogens with zero attached hydrogens (tertiary/aromatic N) is 1. The van der Waals surface area contributed by atoms with E-state index >= 15 is 0 Å². The molecule has 180 valence electrons. The topological polar surface area (TPSA) is 32.7 Å². The molecule has 3 nitrogen and oxygen atoms in total. The first-order valence-electron chi connectivity index (χ1n) is 12.1. The summed E-state index contributed by atoms with van der Waals surface area (Å²) in [6.45, 7) is 2.84. The van der Waals surface area contributed by atoms with Gasteiger partial charge in [0.05, 0.1) is 12.2 Å². The Morgan fingerprint density at radius 1 is 0.848 bits per heavy atom. The van der Waals surface area contributed by atoms with Gasteiger partial charge >= 0.3 is 6.18 Å². The van der Waals surface area contributed by atoms with Gasteiger partial charge in [-0.05, 0) is 68.0 Å². The Bertz CT molecular complexity index is 865. The van der Waals surface area contributed by atoms with E-state index in [1.165, 1.54) is 31.4 Å². The Balaban J connectivity index is 1.38. The Labute approximate surface area is 194 Å². The van der Waals surface area contributed by atoms with Gasteiger partial charge in [-0.1, -0.05) is 49.6 Å². The number of ether oxygens (including phenoxy) is 1. The highest BCUT2D eigenvalue weighted by Crippen LogP contribution is 2.40. The number of aliphatic hydroxyl groups is 1. The van der Waals surface area contributed by atoms with Crippen molar-refractivity contribution in [1.29, 1.82) is 0 Å².